The van der Waals surface area contributed by atoms with Crippen molar-refractivity contribution in [2.75, 3.05) is 18.2 Å². The molecule has 2 aromatic carbocycles. The number of ether oxygens (including phenoxy) is 1. The Hall–Kier alpha value is -2.75. The molecule has 4 nitrogen and oxygen atoms in total. The molecule has 0 bridgehead atoms. The maximum atomic E-state index is 5.96. The Bertz CT molecular complexity index is 771. The monoisotopic (exact) mass is 279 g/mol. The van der Waals surface area contributed by atoms with Crippen molar-refractivity contribution in [3.63, 3.8) is 0 Å². The van der Waals surface area contributed by atoms with Gasteiger partial charge in [0.2, 0.25) is 0 Å². The van der Waals surface area contributed by atoms with Crippen LogP contribution in [-0.2, 0) is 6.54 Å². The number of rotatable bonds is 4. The number of nitrogens with zero attached hydrogens (tertiary/aromatic N) is 1. The summed E-state index contributed by atoms with van der Waals surface area (Å²) in [5, 5.41) is 5.42. The molecule has 0 fully saturated rings. The van der Waals surface area contributed by atoms with E-state index in [1.165, 1.54) is 0 Å². The number of nitrogens with one attached hydrogen (secondary N) is 1. The lowest BCUT2D eigenvalue weighted by atomic mass is 10.1. The van der Waals surface area contributed by atoms with Crippen LogP contribution in [-0.4, -0.2) is 12.1 Å². The normalized spacial score (nSPS) is 10.5. The molecule has 0 radical (unpaired) electrons. The van der Waals surface area contributed by atoms with Crippen molar-refractivity contribution in [3.8, 4) is 5.75 Å². The number of hydrogen-bond acceptors (Lipinski definition) is 4. The van der Waals surface area contributed by atoms with E-state index in [1.807, 2.05) is 48.5 Å². The van der Waals surface area contributed by atoms with Crippen LogP contribution < -0.4 is 15.8 Å². The van der Waals surface area contributed by atoms with Gasteiger partial charge in [0.15, 0.2) is 0 Å². The van der Waals surface area contributed by atoms with Gasteiger partial charge < -0.3 is 15.8 Å². The van der Waals surface area contributed by atoms with Crippen molar-refractivity contribution in [3.05, 3.63) is 60.3 Å². The molecule has 0 aliphatic carbocycles. The summed E-state index contributed by atoms with van der Waals surface area (Å²) in [6.45, 7) is 0.635. The Labute approximate surface area is 123 Å². The Morgan fingerprint density at radius 3 is 2.71 bits per heavy atom. The van der Waals surface area contributed by atoms with Gasteiger partial charge in [-0.15, -0.1) is 0 Å². The van der Waals surface area contributed by atoms with E-state index in [0.717, 1.165) is 33.6 Å². The van der Waals surface area contributed by atoms with Gasteiger partial charge in [-0.3, -0.25) is 0 Å². The van der Waals surface area contributed by atoms with Gasteiger partial charge in [-0.1, -0.05) is 30.3 Å². The first kappa shape index (κ1) is 13.2. The van der Waals surface area contributed by atoms with Crippen molar-refractivity contribution >= 4 is 22.3 Å². The van der Waals surface area contributed by atoms with E-state index in [9.17, 15) is 0 Å². The molecule has 0 amide bonds. The number of nitrogens with two attached hydrogens (primary N) is 1. The molecule has 21 heavy (non-hydrogen) atoms. The fraction of sp³-hybridized carbons (Fsp3) is 0.118. The van der Waals surface area contributed by atoms with Crippen molar-refractivity contribution in [2.45, 2.75) is 6.54 Å². The average Bonchev–Trinajstić information content (AvgIpc) is 2.53. The lowest BCUT2D eigenvalue weighted by Gasteiger charge is -2.11. The summed E-state index contributed by atoms with van der Waals surface area (Å²) in [6.07, 6.45) is 1.78. The smallest absolute Gasteiger partial charge is 0.134 e. The maximum Gasteiger partial charge on any atom is 0.134 e. The Kier molecular flexibility index (Phi) is 3.60. The van der Waals surface area contributed by atoms with Gasteiger partial charge in [-0.05, 0) is 23.8 Å². The predicted molar refractivity (Wildman–Crippen MR) is 86.5 cm³/mol. The number of aromatic nitrogens is 1. The van der Waals surface area contributed by atoms with Crippen molar-refractivity contribution in [1.29, 1.82) is 0 Å². The van der Waals surface area contributed by atoms with Crippen LogP contribution in [0.3, 0.4) is 0 Å². The van der Waals surface area contributed by atoms with Crippen LogP contribution >= 0.6 is 0 Å². The van der Waals surface area contributed by atoms with E-state index >= 15 is 0 Å². The highest BCUT2D eigenvalue weighted by Crippen LogP contribution is 2.29. The van der Waals surface area contributed by atoms with Crippen LogP contribution in [0.1, 0.15) is 5.56 Å². The lowest BCUT2D eigenvalue weighted by molar-refractivity contribution is 0.420. The zero-order chi connectivity index (χ0) is 14.7. The fourth-order valence-electron chi connectivity index (χ4n) is 2.37. The van der Waals surface area contributed by atoms with E-state index in [2.05, 4.69) is 10.3 Å². The van der Waals surface area contributed by atoms with E-state index in [1.54, 1.807) is 13.3 Å². The van der Waals surface area contributed by atoms with Crippen LogP contribution in [0.2, 0.25) is 0 Å². The first-order valence-corrected chi connectivity index (χ1v) is 6.78. The van der Waals surface area contributed by atoms with Gasteiger partial charge in [0.1, 0.15) is 11.6 Å². The molecule has 3 N–H and O–H groups in total. The standard InChI is InChI=1S/C17H17N3O/c1-21-16-8-4-6-14-13(16)9-10-19-17(14)20-11-12-5-2-3-7-15(12)18/h2-10H,11,18H2,1H3,(H,19,20). The zero-order valence-corrected chi connectivity index (χ0v) is 11.8. The summed E-state index contributed by atoms with van der Waals surface area (Å²) >= 11 is 0. The fourth-order valence-corrected chi connectivity index (χ4v) is 2.37. The Morgan fingerprint density at radius 2 is 1.90 bits per heavy atom. The van der Waals surface area contributed by atoms with E-state index in [4.69, 9.17) is 10.5 Å². The van der Waals surface area contributed by atoms with Gasteiger partial charge in [0, 0.05) is 29.2 Å². The van der Waals surface area contributed by atoms with Crippen LogP contribution in [0.4, 0.5) is 11.5 Å². The molecule has 0 aliphatic heterocycles. The predicted octanol–water partition coefficient (Wildman–Crippen LogP) is 3.44. The van der Waals surface area contributed by atoms with Gasteiger partial charge in [-0.2, -0.15) is 0 Å². The first-order chi connectivity index (χ1) is 10.3. The van der Waals surface area contributed by atoms with Gasteiger partial charge in [0.25, 0.3) is 0 Å². The third kappa shape index (κ3) is 2.60. The highest BCUT2D eigenvalue weighted by atomic mass is 16.5. The largest absolute Gasteiger partial charge is 0.496 e. The summed E-state index contributed by atoms with van der Waals surface area (Å²) in [4.78, 5) is 4.42. The van der Waals surface area contributed by atoms with Gasteiger partial charge in [0.05, 0.1) is 7.11 Å². The van der Waals surface area contributed by atoms with Crippen LogP contribution in [0.5, 0.6) is 5.75 Å². The molecule has 1 aromatic heterocycles. The molecule has 3 aromatic rings. The molecular weight excluding hydrogens is 262 g/mol. The zero-order valence-electron chi connectivity index (χ0n) is 11.8. The molecule has 106 valence electrons. The molecule has 1 heterocycles. The van der Waals surface area contributed by atoms with Crippen molar-refractivity contribution in [1.82, 2.24) is 4.98 Å². The van der Waals surface area contributed by atoms with Crippen LogP contribution in [0, 0.1) is 0 Å². The third-order valence-corrected chi connectivity index (χ3v) is 3.49. The molecule has 0 saturated heterocycles. The molecule has 0 aliphatic rings. The molecule has 3 rings (SSSR count). The van der Waals surface area contributed by atoms with Crippen LogP contribution in [0.15, 0.2) is 54.7 Å². The van der Waals surface area contributed by atoms with E-state index < -0.39 is 0 Å². The summed E-state index contributed by atoms with van der Waals surface area (Å²) in [5.74, 6) is 1.67. The minimum absolute atomic E-state index is 0.635. The highest BCUT2D eigenvalue weighted by molar-refractivity contribution is 5.95. The molecule has 4 heteroatoms. The van der Waals surface area contributed by atoms with Gasteiger partial charge in [-0.25, -0.2) is 4.98 Å². The lowest BCUT2D eigenvalue weighted by Crippen LogP contribution is -2.04. The Balaban J connectivity index is 1.93. The maximum absolute atomic E-state index is 5.96. The molecule has 0 saturated carbocycles. The Morgan fingerprint density at radius 1 is 1.05 bits per heavy atom. The SMILES string of the molecule is COc1cccc2c(NCc3ccccc3N)nccc12. The van der Waals surface area contributed by atoms with Crippen molar-refractivity contribution in [2.24, 2.45) is 0 Å². The summed E-state index contributed by atoms with van der Waals surface area (Å²) in [7, 11) is 1.67. The number of benzene rings is 2. The number of anilines is 2. The number of nitrogen functional groups attached to an aromatic ring is 1. The third-order valence-electron chi connectivity index (χ3n) is 3.49. The second-order valence-electron chi connectivity index (χ2n) is 4.77. The minimum atomic E-state index is 0.635. The second kappa shape index (κ2) is 5.71. The minimum Gasteiger partial charge on any atom is -0.496 e. The van der Waals surface area contributed by atoms with E-state index in [0.29, 0.717) is 6.54 Å². The van der Waals surface area contributed by atoms with Gasteiger partial charge >= 0.3 is 0 Å². The molecule has 0 atom stereocenters. The number of para-hydroxylation sites is 1. The molecular formula is C17H17N3O. The highest BCUT2D eigenvalue weighted by Gasteiger charge is 2.06. The number of pyridine rings is 1. The summed E-state index contributed by atoms with van der Waals surface area (Å²) in [5.41, 5.74) is 7.80. The molecule has 0 spiro atoms. The average molecular weight is 279 g/mol. The van der Waals surface area contributed by atoms with E-state index in [-0.39, 0.29) is 0 Å². The summed E-state index contributed by atoms with van der Waals surface area (Å²) < 4.78 is 5.39. The number of methoxy groups -OCH3 is 1. The quantitative estimate of drug-likeness (QED) is 0.718. The number of fused-ring (bicyclic) bond motifs is 1. The molecule has 0 unspecified atom stereocenters. The topological polar surface area (TPSA) is 60.2 Å². The number of hydrogen-bond donors (Lipinski definition) is 2. The second-order valence-corrected chi connectivity index (χ2v) is 4.77. The van der Waals surface area contributed by atoms with Crippen LogP contribution in [0.25, 0.3) is 10.8 Å². The first-order valence-electron chi connectivity index (χ1n) is 6.78. The van der Waals surface area contributed by atoms with Crippen molar-refractivity contribution < 1.29 is 4.74 Å². The summed E-state index contributed by atoms with van der Waals surface area (Å²) in [6, 6.07) is 15.7.